The molecule has 1 atom stereocenters. The Morgan fingerprint density at radius 3 is 2.27 bits per heavy atom. The molecule has 1 unspecified atom stereocenters. The number of amides is 1. The lowest BCUT2D eigenvalue weighted by Crippen LogP contribution is -2.47. The maximum atomic E-state index is 13.4. The van der Waals surface area contributed by atoms with Gasteiger partial charge in [-0.3, -0.25) is 4.79 Å². The Morgan fingerprint density at radius 1 is 1.19 bits per heavy atom. The van der Waals surface area contributed by atoms with Gasteiger partial charge in [0.05, 0.1) is 11.0 Å². The molecule has 1 amide bonds. The Labute approximate surface area is 216 Å². The molecule has 2 heterocycles. The Morgan fingerprint density at radius 2 is 1.78 bits per heavy atom. The Kier molecular flexibility index (Phi) is 11.8. The van der Waals surface area contributed by atoms with Crippen LogP contribution >= 0.6 is 0 Å². The first kappa shape index (κ1) is 31.0. The SMILES string of the molecule is CC(C)Cc1ccc(S(=O)(=O)N(CCC(=O)N2CCNCC2)CC2CCCO2)cc1.O=C(O)C(F)(F)F. The van der Waals surface area contributed by atoms with Gasteiger partial charge < -0.3 is 20.1 Å². The van der Waals surface area contributed by atoms with Crippen molar-refractivity contribution in [2.24, 2.45) is 5.92 Å². The average molecular weight is 552 g/mol. The molecule has 1 aromatic carbocycles. The van der Waals surface area contributed by atoms with Crippen molar-refractivity contribution in [2.45, 2.75) is 56.7 Å². The van der Waals surface area contributed by atoms with Gasteiger partial charge in [-0.1, -0.05) is 26.0 Å². The van der Waals surface area contributed by atoms with Crippen LogP contribution in [0.2, 0.25) is 0 Å². The topological polar surface area (TPSA) is 116 Å². The zero-order valence-corrected chi connectivity index (χ0v) is 22.0. The molecule has 0 saturated carbocycles. The summed E-state index contributed by atoms with van der Waals surface area (Å²) < 4.78 is 65.6. The van der Waals surface area contributed by atoms with Crippen LogP contribution in [0.15, 0.2) is 29.2 Å². The number of carboxylic acids is 1. The van der Waals surface area contributed by atoms with E-state index in [1.54, 1.807) is 12.1 Å². The van der Waals surface area contributed by atoms with E-state index >= 15 is 0 Å². The number of alkyl halides is 3. The minimum Gasteiger partial charge on any atom is -0.475 e. The van der Waals surface area contributed by atoms with Crippen LogP contribution < -0.4 is 5.32 Å². The molecule has 2 fully saturated rings. The number of sulfonamides is 1. The quantitative estimate of drug-likeness (QED) is 0.485. The van der Waals surface area contributed by atoms with E-state index in [0.29, 0.717) is 32.2 Å². The van der Waals surface area contributed by atoms with Crippen LogP contribution in [0.1, 0.15) is 38.7 Å². The van der Waals surface area contributed by atoms with Crippen molar-refractivity contribution in [1.82, 2.24) is 14.5 Å². The minimum absolute atomic E-state index is 0.0105. The van der Waals surface area contributed by atoms with Gasteiger partial charge in [-0.05, 0) is 42.9 Å². The van der Waals surface area contributed by atoms with E-state index in [-0.39, 0.29) is 29.9 Å². The van der Waals surface area contributed by atoms with E-state index in [2.05, 4.69) is 19.2 Å². The van der Waals surface area contributed by atoms with E-state index < -0.39 is 22.2 Å². The third kappa shape index (κ3) is 10.2. The molecular weight excluding hydrogens is 515 g/mol. The number of carbonyl (C=O) groups excluding carboxylic acids is 1. The number of carboxylic acid groups (broad SMARTS) is 1. The largest absolute Gasteiger partial charge is 0.490 e. The van der Waals surface area contributed by atoms with Gasteiger partial charge >= 0.3 is 12.1 Å². The monoisotopic (exact) mass is 551 g/mol. The van der Waals surface area contributed by atoms with Crippen LogP contribution in [0.25, 0.3) is 0 Å². The molecule has 9 nitrogen and oxygen atoms in total. The van der Waals surface area contributed by atoms with Crippen LogP contribution in [-0.4, -0.2) is 92.8 Å². The van der Waals surface area contributed by atoms with Crippen molar-refractivity contribution in [3.05, 3.63) is 29.8 Å². The summed E-state index contributed by atoms with van der Waals surface area (Å²) in [4.78, 5) is 23.6. The Hall–Kier alpha value is -2.22. The highest BCUT2D eigenvalue weighted by atomic mass is 32.2. The molecule has 2 aliphatic rings. The molecule has 210 valence electrons. The predicted octanol–water partition coefficient (Wildman–Crippen LogP) is 2.51. The van der Waals surface area contributed by atoms with Gasteiger partial charge in [-0.2, -0.15) is 17.5 Å². The van der Waals surface area contributed by atoms with Crippen molar-refractivity contribution in [1.29, 1.82) is 0 Å². The Balaban J connectivity index is 0.000000604. The number of rotatable bonds is 9. The van der Waals surface area contributed by atoms with Crippen LogP contribution in [0, 0.1) is 5.92 Å². The molecule has 2 aliphatic heterocycles. The fourth-order valence-electron chi connectivity index (χ4n) is 4.04. The van der Waals surface area contributed by atoms with Crippen molar-refractivity contribution in [3.8, 4) is 0 Å². The van der Waals surface area contributed by atoms with Crippen LogP contribution in [0.3, 0.4) is 0 Å². The summed E-state index contributed by atoms with van der Waals surface area (Å²) in [7, 11) is -3.69. The summed E-state index contributed by atoms with van der Waals surface area (Å²) in [5.74, 6) is -2.23. The average Bonchev–Trinajstić information content (AvgIpc) is 3.35. The van der Waals surface area contributed by atoms with Crippen LogP contribution in [0.4, 0.5) is 13.2 Å². The van der Waals surface area contributed by atoms with E-state index in [1.165, 1.54) is 4.31 Å². The predicted molar refractivity (Wildman–Crippen MR) is 130 cm³/mol. The van der Waals surface area contributed by atoms with Crippen molar-refractivity contribution in [3.63, 3.8) is 0 Å². The van der Waals surface area contributed by atoms with Gasteiger partial charge in [0.15, 0.2) is 0 Å². The van der Waals surface area contributed by atoms with Gasteiger partial charge in [0.1, 0.15) is 0 Å². The fraction of sp³-hybridized carbons (Fsp3) is 0.667. The second kappa shape index (κ2) is 14.1. The lowest BCUT2D eigenvalue weighted by molar-refractivity contribution is -0.192. The standard InChI is InChI=1S/C22H35N3O4S.C2HF3O2/c1-18(2)16-19-5-7-21(8-6-19)30(27,28)25(17-20-4-3-15-29-20)12-9-22(26)24-13-10-23-11-14-24;3-2(4,5)1(6)7/h5-8,18,20,23H,3-4,9-17H2,1-2H3;(H,6,7). The summed E-state index contributed by atoms with van der Waals surface area (Å²) in [5.41, 5.74) is 1.13. The summed E-state index contributed by atoms with van der Waals surface area (Å²) in [6.45, 7) is 8.35. The number of nitrogens with one attached hydrogen (secondary N) is 1. The van der Waals surface area contributed by atoms with Crippen molar-refractivity contribution >= 4 is 21.9 Å². The second-order valence-electron chi connectivity index (χ2n) is 9.42. The zero-order chi connectivity index (χ0) is 27.6. The van der Waals surface area contributed by atoms with Gasteiger partial charge in [0.2, 0.25) is 15.9 Å². The number of benzene rings is 1. The van der Waals surface area contributed by atoms with Crippen molar-refractivity contribution in [2.75, 3.05) is 45.9 Å². The maximum Gasteiger partial charge on any atom is 0.490 e. The van der Waals surface area contributed by atoms with E-state index in [1.807, 2.05) is 17.0 Å². The van der Waals surface area contributed by atoms with E-state index in [4.69, 9.17) is 14.6 Å². The Bertz CT molecular complexity index is 974. The summed E-state index contributed by atoms with van der Waals surface area (Å²) in [6, 6.07) is 7.16. The number of halogens is 3. The molecule has 0 spiro atoms. The summed E-state index contributed by atoms with van der Waals surface area (Å²) >= 11 is 0. The highest BCUT2D eigenvalue weighted by Gasteiger charge is 2.38. The molecular formula is C24H36F3N3O6S. The number of hydrogen-bond acceptors (Lipinski definition) is 6. The first-order valence-electron chi connectivity index (χ1n) is 12.3. The number of ether oxygens (including phenoxy) is 1. The first-order chi connectivity index (χ1) is 17.3. The van der Waals surface area contributed by atoms with Gasteiger partial charge in [0.25, 0.3) is 0 Å². The number of nitrogens with zero attached hydrogens (tertiary/aromatic N) is 2. The molecule has 0 bridgehead atoms. The van der Waals surface area contributed by atoms with Gasteiger partial charge in [-0.15, -0.1) is 0 Å². The number of carbonyl (C=O) groups is 2. The van der Waals surface area contributed by atoms with Crippen molar-refractivity contribution < 1.29 is 41.0 Å². The molecule has 3 rings (SSSR count). The minimum atomic E-state index is -5.08. The molecule has 2 saturated heterocycles. The molecule has 0 radical (unpaired) electrons. The lowest BCUT2D eigenvalue weighted by Gasteiger charge is -2.29. The molecule has 1 aromatic rings. The maximum absolute atomic E-state index is 13.4. The van der Waals surface area contributed by atoms with E-state index in [0.717, 1.165) is 37.9 Å². The van der Waals surface area contributed by atoms with E-state index in [9.17, 15) is 26.4 Å². The summed E-state index contributed by atoms with van der Waals surface area (Å²) in [5, 5.41) is 10.4. The smallest absolute Gasteiger partial charge is 0.475 e. The van der Waals surface area contributed by atoms with Gasteiger partial charge in [0, 0.05) is 52.3 Å². The number of hydrogen-bond donors (Lipinski definition) is 2. The third-order valence-electron chi connectivity index (χ3n) is 5.92. The highest BCUT2D eigenvalue weighted by Crippen LogP contribution is 2.22. The first-order valence-corrected chi connectivity index (χ1v) is 13.7. The molecule has 37 heavy (non-hydrogen) atoms. The fourth-order valence-corrected chi connectivity index (χ4v) is 5.51. The molecule has 2 N–H and O–H groups in total. The van der Waals surface area contributed by atoms with Crippen LogP contribution in [0.5, 0.6) is 0 Å². The molecule has 13 heteroatoms. The number of piperazine rings is 1. The lowest BCUT2D eigenvalue weighted by atomic mass is 10.0. The zero-order valence-electron chi connectivity index (χ0n) is 21.2. The number of aliphatic carboxylic acids is 1. The molecule has 0 aromatic heterocycles. The normalized spacial score (nSPS) is 18.6. The highest BCUT2D eigenvalue weighted by molar-refractivity contribution is 7.89. The second-order valence-corrected chi connectivity index (χ2v) is 11.4. The third-order valence-corrected chi connectivity index (χ3v) is 7.80. The molecule has 0 aliphatic carbocycles. The van der Waals surface area contributed by atoms with Crippen LogP contribution in [-0.2, 0) is 30.8 Å². The summed E-state index contributed by atoms with van der Waals surface area (Å²) in [6.07, 6.45) is -2.28. The van der Waals surface area contributed by atoms with Gasteiger partial charge in [-0.25, -0.2) is 13.2 Å².